The van der Waals surface area contributed by atoms with Crippen LogP contribution >= 0.6 is 11.6 Å². The van der Waals surface area contributed by atoms with E-state index in [0.29, 0.717) is 28.5 Å². The third-order valence-electron chi connectivity index (χ3n) is 4.55. The second-order valence-electron chi connectivity index (χ2n) is 6.35. The number of carbonyl (C=O) groups excluding carboxylic acids is 1. The Morgan fingerprint density at radius 1 is 1.26 bits per heavy atom. The van der Waals surface area contributed by atoms with Gasteiger partial charge in [0.15, 0.2) is 5.58 Å². The summed E-state index contributed by atoms with van der Waals surface area (Å²) in [5.41, 5.74) is 2.38. The van der Waals surface area contributed by atoms with Crippen LogP contribution in [0.25, 0.3) is 16.6 Å². The van der Waals surface area contributed by atoms with Gasteiger partial charge in [-0.15, -0.1) is 0 Å². The van der Waals surface area contributed by atoms with E-state index in [1.807, 2.05) is 12.1 Å². The first-order chi connectivity index (χ1) is 13.0. The van der Waals surface area contributed by atoms with Crippen molar-refractivity contribution in [1.29, 1.82) is 0 Å². The summed E-state index contributed by atoms with van der Waals surface area (Å²) in [5.74, 6) is 0.303. The van der Waals surface area contributed by atoms with E-state index >= 15 is 0 Å². The molecule has 0 bridgehead atoms. The zero-order valence-corrected chi connectivity index (χ0v) is 15.5. The normalized spacial score (nSPS) is 12.6. The van der Waals surface area contributed by atoms with Crippen LogP contribution in [0.15, 0.2) is 51.9 Å². The Hall–Kier alpha value is -3.06. The molecule has 27 heavy (non-hydrogen) atoms. The molecule has 7 nitrogen and oxygen atoms in total. The minimum atomic E-state index is -0.755. The largest absolute Gasteiger partial charge is 0.463 e. The van der Waals surface area contributed by atoms with E-state index in [1.54, 1.807) is 48.8 Å². The predicted molar refractivity (Wildman–Crippen MR) is 102 cm³/mol. The second kappa shape index (κ2) is 6.59. The maximum Gasteiger partial charge on any atom is 0.291 e. The number of aromatic nitrogens is 3. The van der Waals surface area contributed by atoms with Gasteiger partial charge in [0.2, 0.25) is 5.91 Å². The maximum absolute atomic E-state index is 12.8. The van der Waals surface area contributed by atoms with E-state index in [4.69, 9.17) is 16.0 Å². The lowest BCUT2D eigenvalue weighted by molar-refractivity contribution is -0.124. The summed E-state index contributed by atoms with van der Waals surface area (Å²) in [6.45, 7) is 3.77. The van der Waals surface area contributed by atoms with Gasteiger partial charge < -0.3 is 9.73 Å². The van der Waals surface area contributed by atoms with Crippen molar-refractivity contribution in [2.24, 2.45) is 0 Å². The van der Waals surface area contributed by atoms with Gasteiger partial charge in [0.1, 0.15) is 17.4 Å². The SMILES string of the molecule is Cc1nn([C@@H](C)C(=O)NCc2ccc(Cl)cc2)c(=O)c2cc3occc3n12. The van der Waals surface area contributed by atoms with Gasteiger partial charge in [-0.1, -0.05) is 23.7 Å². The van der Waals surface area contributed by atoms with Gasteiger partial charge in [-0.25, -0.2) is 4.68 Å². The Bertz CT molecular complexity index is 1200. The molecule has 8 heteroatoms. The molecule has 0 aliphatic carbocycles. The number of aryl methyl sites for hydroxylation is 1. The van der Waals surface area contributed by atoms with Gasteiger partial charge in [0.25, 0.3) is 5.56 Å². The molecule has 4 aromatic rings. The van der Waals surface area contributed by atoms with Crippen LogP contribution < -0.4 is 10.9 Å². The molecule has 138 valence electrons. The molecule has 1 N–H and O–H groups in total. The van der Waals surface area contributed by atoms with E-state index in [1.165, 1.54) is 4.68 Å². The summed E-state index contributed by atoms with van der Waals surface area (Å²) in [6, 6.07) is 9.89. The number of furan rings is 1. The van der Waals surface area contributed by atoms with E-state index in [0.717, 1.165) is 11.1 Å². The molecule has 0 spiro atoms. The van der Waals surface area contributed by atoms with E-state index in [2.05, 4.69) is 10.4 Å². The lowest BCUT2D eigenvalue weighted by atomic mass is 10.2. The fraction of sp³-hybridized carbons (Fsp3) is 0.211. The zero-order valence-electron chi connectivity index (χ0n) is 14.8. The zero-order chi connectivity index (χ0) is 19.1. The molecule has 3 aromatic heterocycles. The number of benzene rings is 1. The number of nitrogens with zero attached hydrogens (tertiary/aromatic N) is 3. The van der Waals surface area contributed by atoms with Crippen LogP contribution in [0.3, 0.4) is 0 Å². The number of amides is 1. The van der Waals surface area contributed by atoms with Gasteiger partial charge >= 0.3 is 0 Å². The topological polar surface area (TPSA) is 81.5 Å². The first-order valence-corrected chi connectivity index (χ1v) is 8.84. The highest BCUT2D eigenvalue weighted by Gasteiger charge is 2.21. The van der Waals surface area contributed by atoms with Crippen LogP contribution in [-0.4, -0.2) is 20.1 Å². The number of hydrogen-bond acceptors (Lipinski definition) is 4. The van der Waals surface area contributed by atoms with Crippen molar-refractivity contribution in [1.82, 2.24) is 19.5 Å². The smallest absolute Gasteiger partial charge is 0.291 e. The summed E-state index contributed by atoms with van der Waals surface area (Å²) in [5, 5.41) is 7.80. The monoisotopic (exact) mass is 384 g/mol. The fourth-order valence-corrected chi connectivity index (χ4v) is 3.23. The van der Waals surface area contributed by atoms with Crippen molar-refractivity contribution in [3.05, 3.63) is 69.4 Å². The molecule has 0 aliphatic heterocycles. The number of carbonyl (C=O) groups is 1. The van der Waals surface area contributed by atoms with Crippen LogP contribution in [0, 0.1) is 6.92 Å². The average molecular weight is 385 g/mol. The molecule has 0 unspecified atom stereocenters. The predicted octanol–water partition coefficient (Wildman–Crippen LogP) is 3.08. The molecule has 0 aliphatic rings. The lowest BCUT2D eigenvalue weighted by Crippen LogP contribution is -2.38. The molecular formula is C19H17ClN4O3. The summed E-state index contributed by atoms with van der Waals surface area (Å²) in [4.78, 5) is 25.4. The van der Waals surface area contributed by atoms with Gasteiger partial charge in [-0.2, -0.15) is 5.10 Å². The van der Waals surface area contributed by atoms with Crippen LogP contribution in [0.2, 0.25) is 5.02 Å². The second-order valence-corrected chi connectivity index (χ2v) is 6.79. The standard InChI is InChI=1S/C19H17ClN4O3/c1-11(18(25)21-10-13-3-5-14(20)6-4-13)24-19(26)16-9-17-15(7-8-27-17)23(16)12(2)22-24/h3-9,11H,10H2,1-2H3,(H,21,25)/t11-/m0/s1. The summed E-state index contributed by atoms with van der Waals surface area (Å²) >= 11 is 5.86. The highest BCUT2D eigenvalue weighted by Crippen LogP contribution is 2.20. The number of nitrogens with one attached hydrogen (secondary N) is 1. The first kappa shape index (κ1) is 17.4. The number of hydrogen-bond donors (Lipinski definition) is 1. The Morgan fingerprint density at radius 2 is 2.00 bits per heavy atom. The van der Waals surface area contributed by atoms with Gasteiger partial charge in [0, 0.05) is 23.7 Å². The van der Waals surface area contributed by atoms with Crippen molar-refractivity contribution in [2.45, 2.75) is 26.4 Å². The van der Waals surface area contributed by atoms with Crippen molar-refractivity contribution >= 4 is 34.1 Å². The minimum absolute atomic E-state index is 0.293. The lowest BCUT2D eigenvalue weighted by Gasteiger charge is -2.15. The molecule has 0 fully saturated rings. The summed E-state index contributed by atoms with van der Waals surface area (Å²) in [7, 11) is 0. The average Bonchev–Trinajstić information content (AvgIpc) is 3.24. The van der Waals surface area contributed by atoms with Crippen LogP contribution in [-0.2, 0) is 11.3 Å². The van der Waals surface area contributed by atoms with Crippen molar-refractivity contribution in [3.8, 4) is 0 Å². The Balaban J connectivity index is 1.62. The third kappa shape index (κ3) is 3.00. The van der Waals surface area contributed by atoms with Crippen molar-refractivity contribution in [3.63, 3.8) is 0 Å². The molecular weight excluding hydrogens is 368 g/mol. The van der Waals surface area contributed by atoms with Gasteiger partial charge in [0.05, 0.1) is 11.8 Å². The highest BCUT2D eigenvalue weighted by atomic mass is 35.5. The Labute approximate surface area is 159 Å². The van der Waals surface area contributed by atoms with Crippen LogP contribution in [0.1, 0.15) is 24.4 Å². The van der Waals surface area contributed by atoms with E-state index < -0.39 is 6.04 Å². The first-order valence-electron chi connectivity index (χ1n) is 8.46. The molecule has 0 saturated heterocycles. The maximum atomic E-state index is 12.8. The molecule has 1 aromatic carbocycles. The van der Waals surface area contributed by atoms with Crippen LogP contribution in [0.5, 0.6) is 0 Å². The Morgan fingerprint density at radius 3 is 2.74 bits per heavy atom. The van der Waals surface area contributed by atoms with E-state index in [-0.39, 0.29) is 11.5 Å². The quantitative estimate of drug-likeness (QED) is 0.586. The molecule has 4 rings (SSSR count). The summed E-state index contributed by atoms with van der Waals surface area (Å²) < 4.78 is 8.31. The molecule has 0 radical (unpaired) electrons. The fourth-order valence-electron chi connectivity index (χ4n) is 3.11. The van der Waals surface area contributed by atoms with Crippen molar-refractivity contribution < 1.29 is 9.21 Å². The molecule has 0 saturated carbocycles. The number of fused-ring (bicyclic) bond motifs is 3. The highest BCUT2D eigenvalue weighted by molar-refractivity contribution is 6.30. The summed E-state index contributed by atoms with van der Waals surface area (Å²) in [6.07, 6.45) is 1.56. The van der Waals surface area contributed by atoms with Crippen molar-refractivity contribution in [2.75, 3.05) is 0 Å². The minimum Gasteiger partial charge on any atom is -0.463 e. The third-order valence-corrected chi connectivity index (χ3v) is 4.80. The van der Waals surface area contributed by atoms with Crippen LogP contribution in [0.4, 0.5) is 0 Å². The van der Waals surface area contributed by atoms with Gasteiger partial charge in [-0.3, -0.25) is 14.0 Å². The Kier molecular flexibility index (Phi) is 4.24. The molecule has 1 atom stereocenters. The molecule has 1 amide bonds. The number of halogens is 1. The molecule has 3 heterocycles. The number of rotatable bonds is 4. The van der Waals surface area contributed by atoms with Gasteiger partial charge in [-0.05, 0) is 31.5 Å². The van der Waals surface area contributed by atoms with E-state index in [9.17, 15) is 9.59 Å².